The molecule has 1 atom stereocenters. The number of hydrogen-bond donors (Lipinski definition) is 3. The third kappa shape index (κ3) is 1.91. The lowest BCUT2D eigenvalue weighted by molar-refractivity contribution is 0.262. The molecule has 72 valence electrons. The van der Waals surface area contributed by atoms with E-state index in [-0.39, 0.29) is 10.6 Å². The van der Waals surface area contributed by atoms with Crippen LogP contribution in [-0.4, -0.2) is 16.8 Å². The first-order chi connectivity index (χ1) is 6.07. The molecular formula is C8H9ClFNO2. The standard InChI is InChI=1S/C8H9ClFNO2/c9-4-1-2-5(10)7(8(4)13)6(11)3-12/h1-2,6,12-13H,3,11H2/t6-/m1/s1. The lowest BCUT2D eigenvalue weighted by atomic mass is 10.1. The Kier molecular flexibility index (Phi) is 3.08. The first-order valence-corrected chi connectivity index (χ1v) is 3.99. The van der Waals surface area contributed by atoms with Gasteiger partial charge in [0.2, 0.25) is 0 Å². The van der Waals surface area contributed by atoms with Crippen LogP contribution < -0.4 is 5.73 Å². The van der Waals surface area contributed by atoms with Crippen molar-refractivity contribution in [3.63, 3.8) is 0 Å². The Balaban J connectivity index is 3.25. The third-order valence-electron chi connectivity index (χ3n) is 1.68. The van der Waals surface area contributed by atoms with Crippen molar-refractivity contribution in [1.29, 1.82) is 0 Å². The second-order valence-corrected chi connectivity index (χ2v) is 2.99. The van der Waals surface area contributed by atoms with Crippen LogP contribution in [-0.2, 0) is 0 Å². The first-order valence-electron chi connectivity index (χ1n) is 3.61. The number of aliphatic hydroxyl groups is 1. The van der Waals surface area contributed by atoms with Gasteiger partial charge in [-0.2, -0.15) is 0 Å². The van der Waals surface area contributed by atoms with Gasteiger partial charge in [0.15, 0.2) is 0 Å². The molecular weight excluding hydrogens is 197 g/mol. The van der Waals surface area contributed by atoms with E-state index in [1.54, 1.807) is 0 Å². The highest BCUT2D eigenvalue weighted by Gasteiger charge is 2.17. The van der Waals surface area contributed by atoms with Crippen LogP contribution in [0.1, 0.15) is 11.6 Å². The summed E-state index contributed by atoms with van der Waals surface area (Å²) in [5.41, 5.74) is 5.20. The van der Waals surface area contributed by atoms with Gasteiger partial charge in [-0.05, 0) is 12.1 Å². The number of aliphatic hydroxyl groups excluding tert-OH is 1. The van der Waals surface area contributed by atoms with Gasteiger partial charge < -0.3 is 15.9 Å². The largest absolute Gasteiger partial charge is 0.506 e. The molecule has 0 aliphatic carbocycles. The van der Waals surface area contributed by atoms with E-state index in [1.807, 2.05) is 0 Å². The average Bonchev–Trinajstić information content (AvgIpc) is 2.12. The maximum absolute atomic E-state index is 13.1. The molecule has 5 heteroatoms. The molecule has 0 aromatic heterocycles. The highest BCUT2D eigenvalue weighted by Crippen LogP contribution is 2.32. The number of benzene rings is 1. The molecule has 0 amide bonds. The van der Waals surface area contributed by atoms with Crippen molar-refractivity contribution in [1.82, 2.24) is 0 Å². The molecule has 0 radical (unpaired) electrons. The minimum atomic E-state index is -0.960. The third-order valence-corrected chi connectivity index (χ3v) is 1.99. The fourth-order valence-corrected chi connectivity index (χ4v) is 1.17. The minimum absolute atomic E-state index is 0.0142. The first kappa shape index (κ1) is 10.2. The fraction of sp³-hybridized carbons (Fsp3) is 0.250. The molecule has 0 heterocycles. The molecule has 1 aromatic carbocycles. The van der Waals surface area contributed by atoms with Crippen LogP contribution in [0, 0.1) is 5.82 Å². The zero-order chi connectivity index (χ0) is 10.0. The van der Waals surface area contributed by atoms with Gasteiger partial charge in [-0.25, -0.2) is 4.39 Å². The number of aromatic hydroxyl groups is 1. The van der Waals surface area contributed by atoms with Crippen LogP contribution in [0.2, 0.25) is 5.02 Å². The number of halogens is 2. The maximum Gasteiger partial charge on any atom is 0.141 e. The van der Waals surface area contributed by atoms with Crippen LogP contribution >= 0.6 is 11.6 Å². The average molecular weight is 206 g/mol. The second kappa shape index (κ2) is 3.91. The summed E-state index contributed by atoms with van der Waals surface area (Å²) in [6, 6.07) is 1.35. The van der Waals surface area contributed by atoms with Crippen molar-refractivity contribution < 1.29 is 14.6 Å². The molecule has 0 bridgehead atoms. The lowest BCUT2D eigenvalue weighted by Gasteiger charge is -2.12. The van der Waals surface area contributed by atoms with Gasteiger partial charge >= 0.3 is 0 Å². The van der Waals surface area contributed by atoms with Gasteiger partial charge in [0, 0.05) is 0 Å². The summed E-state index contributed by atoms with van der Waals surface area (Å²) < 4.78 is 13.1. The Bertz CT molecular complexity index is 319. The lowest BCUT2D eigenvalue weighted by Crippen LogP contribution is -2.16. The highest BCUT2D eigenvalue weighted by atomic mass is 35.5. The van der Waals surface area contributed by atoms with E-state index in [0.717, 1.165) is 6.07 Å². The number of phenols is 1. The number of rotatable bonds is 2. The molecule has 0 saturated carbocycles. The van der Waals surface area contributed by atoms with Gasteiger partial charge in [0.25, 0.3) is 0 Å². The van der Waals surface area contributed by atoms with Gasteiger partial charge in [-0.15, -0.1) is 0 Å². The normalized spacial score (nSPS) is 12.9. The summed E-state index contributed by atoms with van der Waals surface area (Å²) in [7, 11) is 0. The van der Waals surface area contributed by atoms with Crippen LogP contribution in [0.25, 0.3) is 0 Å². The van der Waals surface area contributed by atoms with E-state index < -0.39 is 24.2 Å². The molecule has 0 aliphatic rings. The van der Waals surface area contributed by atoms with E-state index in [4.69, 9.17) is 22.4 Å². The van der Waals surface area contributed by atoms with E-state index in [9.17, 15) is 9.50 Å². The van der Waals surface area contributed by atoms with Crippen molar-refractivity contribution in [3.8, 4) is 5.75 Å². The summed E-state index contributed by atoms with van der Waals surface area (Å²) in [6.07, 6.45) is 0. The van der Waals surface area contributed by atoms with Gasteiger partial charge in [-0.3, -0.25) is 0 Å². The van der Waals surface area contributed by atoms with Crippen molar-refractivity contribution in [3.05, 3.63) is 28.5 Å². The SMILES string of the molecule is N[C@H](CO)c1c(F)ccc(Cl)c1O. The zero-order valence-electron chi connectivity index (χ0n) is 6.67. The summed E-state index contributed by atoms with van der Waals surface area (Å²) in [5, 5.41) is 18.0. The molecule has 3 nitrogen and oxygen atoms in total. The fourth-order valence-electron chi connectivity index (χ4n) is 1.00. The Morgan fingerprint density at radius 1 is 1.54 bits per heavy atom. The molecule has 0 fully saturated rings. The molecule has 1 aromatic rings. The topological polar surface area (TPSA) is 66.5 Å². The van der Waals surface area contributed by atoms with Crippen LogP contribution in [0.4, 0.5) is 4.39 Å². The van der Waals surface area contributed by atoms with Crippen molar-refractivity contribution in [2.24, 2.45) is 5.73 Å². The summed E-state index contributed by atoms with van der Waals surface area (Å²) in [5.74, 6) is -1.09. The molecule has 0 spiro atoms. The van der Waals surface area contributed by atoms with E-state index >= 15 is 0 Å². The Morgan fingerprint density at radius 2 is 2.15 bits per heavy atom. The maximum atomic E-state index is 13.1. The van der Waals surface area contributed by atoms with E-state index in [1.165, 1.54) is 6.07 Å². The number of hydrogen-bond acceptors (Lipinski definition) is 3. The monoisotopic (exact) mass is 205 g/mol. The van der Waals surface area contributed by atoms with Crippen LogP contribution in [0.15, 0.2) is 12.1 Å². The molecule has 4 N–H and O–H groups in total. The number of phenolic OH excluding ortho intramolecular Hbond substituents is 1. The summed E-state index contributed by atoms with van der Waals surface area (Å²) in [4.78, 5) is 0. The predicted molar refractivity (Wildman–Crippen MR) is 47.1 cm³/mol. The van der Waals surface area contributed by atoms with Crippen molar-refractivity contribution in [2.45, 2.75) is 6.04 Å². The van der Waals surface area contributed by atoms with E-state index in [2.05, 4.69) is 0 Å². The Hall–Kier alpha value is -0.840. The van der Waals surface area contributed by atoms with Gasteiger partial charge in [-0.1, -0.05) is 11.6 Å². The molecule has 0 aliphatic heterocycles. The van der Waals surface area contributed by atoms with Gasteiger partial charge in [0.1, 0.15) is 11.6 Å². The predicted octanol–water partition coefficient (Wildman–Crippen LogP) is 1.18. The second-order valence-electron chi connectivity index (χ2n) is 2.58. The smallest absolute Gasteiger partial charge is 0.141 e. The minimum Gasteiger partial charge on any atom is -0.506 e. The summed E-state index contributed by atoms with van der Waals surface area (Å²) >= 11 is 5.53. The quantitative estimate of drug-likeness (QED) is 0.679. The van der Waals surface area contributed by atoms with Crippen LogP contribution in [0.3, 0.4) is 0 Å². The highest BCUT2D eigenvalue weighted by molar-refractivity contribution is 6.32. The van der Waals surface area contributed by atoms with Crippen LogP contribution in [0.5, 0.6) is 5.75 Å². The molecule has 13 heavy (non-hydrogen) atoms. The van der Waals surface area contributed by atoms with Crippen molar-refractivity contribution >= 4 is 11.6 Å². The summed E-state index contributed by atoms with van der Waals surface area (Å²) in [6.45, 7) is -0.454. The molecule has 1 rings (SSSR count). The number of nitrogens with two attached hydrogens (primary N) is 1. The Morgan fingerprint density at radius 3 is 2.69 bits per heavy atom. The van der Waals surface area contributed by atoms with Gasteiger partial charge in [0.05, 0.1) is 23.2 Å². The molecule has 0 unspecified atom stereocenters. The molecule has 0 saturated heterocycles. The zero-order valence-corrected chi connectivity index (χ0v) is 7.42. The Labute approximate surface area is 79.6 Å². The van der Waals surface area contributed by atoms with Crippen molar-refractivity contribution in [2.75, 3.05) is 6.61 Å². The van der Waals surface area contributed by atoms with E-state index in [0.29, 0.717) is 0 Å².